The third-order valence-electron chi connectivity index (χ3n) is 7.27. The summed E-state index contributed by atoms with van der Waals surface area (Å²) in [6.45, 7) is 9.79. The van der Waals surface area contributed by atoms with Crippen LogP contribution in [-0.4, -0.2) is 23.6 Å². The number of esters is 1. The fourth-order valence-electron chi connectivity index (χ4n) is 6.29. The molecule has 6 atom stereocenters. The number of hydrogen-bond donors (Lipinski definition) is 0. The van der Waals surface area contributed by atoms with E-state index in [9.17, 15) is 14.4 Å². The summed E-state index contributed by atoms with van der Waals surface area (Å²) in [6.07, 6.45) is 3.59. The fourth-order valence-corrected chi connectivity index (χ4v) is 6.29. The number of ether oxygens (including phenoxy) is 1. The van der Waals surface area contributed by atoms with Crippen LogP contribution in [0.15, 0.2) is 0 Å². The maximum Gasteiger partial charge on any atom is 0.304 e. The minimum absolute atomic E-state index is 0.147. The summed E-state index contributed by atoms with van der Waals surface area (Å²) < 4.78 is 5.36. The third-order valence-corrected chi connectivity index (χ3v) is 7.27. The number of Topliss-reactive ketones (excluding diaryl/α,β-unsaturated/α-hetero) is 1. The van der Waals surface area contributed by atoms with E-state index in [0.717, 1.165) is 19.3 Å². The van der Waals surface area contributed by atoms with Gasteiger partial charge in [-0.25, -0.2) is 0 Å². The molecule has 0 N–H and O–H groups in total. The Morgan fingerprint density at radius 2 is 1.95 bits per heavy atom. The highest BCUT2D eigenvalue weighted by molar-refractivity contribution is 6.08. The van der Waals surface area contributed by atoms with Gasteiger partial charge in [-0.3, -0.25) is 14.4 Å². The molecule has 0 radical (unpaired) electrons. The minimum Gasteiger partial charge on any atom is -0.443 e. The Hall–Kier alpha value is -1.19. The van der Waals surface area contributed by atoms with E-state index in [1.54, 1.807) is 0 Å². The zero-order valence-electron chi connectivity index (χ0n) is 14.1. The normalized spacial score (nSPS) is 48.9. The number of rotatable bonds is 2. The molecule has 4 nitrogen and oxygen atoms in total. The number of hydrogen-bond acceptors (Lipinski definition) is 4. The second-order valence-corrected chi connectivity index (χ2v) is 8.40. The van der Waals surface area contributed by atoms with E-state index < -0.39 is 11.6 Å². The van der Waals surface area contributed by atoms with Crippen LogP contribution in [-0.2, 0) is 19.1 Å². The van der Waals surface area contributed by atoms with Crippen molar-refractivity contribution < 1.29 is 19.1 Å². The molecular weight excluding hydrogens is 280 g/mol. The number of fused-ring (bicyclic) bond motifs is 1. The van der Waals surface area contributed by atoms with Crippen molar-refractivity contribution in [3.05, 3.63) is 0 Å². The summed E-state index contributed by atoms with van der Waals surface area (Å²) in [5.41, 5.74) is -1.90. The fraction of sp³-hybridized carbons (Fsp3) is 0.833. The van der Waals surface area contributed by atoms with Crippen LogP contribution < -0.4 is 0 Å². The Balaban J connectivity index is 2.14. The standard InChI is InChI=1S/C18H26O4/c1-10-6-7-17-8-13(10)16(4,5)14(17)15(21)18(9-19,11(17)2)22-12(3)20/h9-11,13-14H,6-8H2,1-5H3/t10-,11-,13+,14+,17+,18?/m1/s1. The van der Waals surface area contributed by atoms with Crippen LogP contribution in [0.5, 0.6) is 0 Å². The van der Waals surface area contributed by atoms with Gasteiger partial charge in [0.15, 0.2) is 12.1 Å². The summed E-state index contributed by atoms with van der Waals surface area (Å²) >= 11 is 0. The molecule has 3 aliphatic carbocycles. The second kappa shape index (κ2) is 4.42. The average molecular weight is 306 g/mol. The molecule has 0 aromatic rings. The highest BCUT2D eigenvalue weighted by Gasteiger charge is 2.76. The number of carbonyl (C=O) groups excluding carboxylic acids is 3. The molecule has 3 rings (SSSR count). The van der Waals surface area contributed by atoms with Gasteiger partial charge in [0.25, 0.3) is 0 Å². The van der Waals surface area contributed by atoms with Crippen LogP contribution >= 0.6 is 0 Å². The van der Waals surface area contributed by atoms with Gasteiger partial charge < -0.3 is 4.74 Å². The molecule has 1 unspecified atom stereocenters. The quantitative estimate of drug-likeness (QED) is 0.447. The van der Waals surface area contributed by atoms with Gasteiger partial charge in [-0.05, 0) is 41.9 Å². The lowest BCUT2D eigenvalue weighted by Crippen LogP contribution is -2.50. The molecule has 122 valence electrons. The molecule has 3 aliphatic rings. The molecule has 0 aromatic carbocycles. The smallest absolute Gasteiger partial charge is 0.304 e. The molecule has 0 saturated heterocycles. The van der Waals surface area contributed by atoms with Crippen molar-refractivity contribution in [1.29, 1.82) is 0 Å². The molecule has 3 fully saturated rings. The van der Waals surface area contributed by atoms with Gasteiger partial charge >= 0.3 is 5.97 Å². The topological polar surface area (TPSA) is 60.4 Å². The lowest BCUT2D eigenvalue weighted by molar-refractivity contribution is -0.172. The van der Waals surface area contributed by atoms with Crippen LogP contribution in [0, 0.1) is 34.5 Å². The van der Waals surface area contributed by atoms with Gasteiger partial charge in [0.2, 0.25) is 5.60 Å². The maximum atomic E-state index is 13.2. The van der Waals surface area contributed by atoms with E-state index in [2.05, 4.69) is 20.8 Å². The van der Waals surface area contributed by atoms with E-state index >= 15 is 0 Å². The predicted octanol–water partition coefficient (Wildman–Crippen LogP) is 2.78. The first-order chi connectivity index (χ1) is 10.1. The Bertz CT molecular complexity index is 551. The van der Waals surface area contributed by atoms with Crippen LogP contribution in [0.25, 0.3) is 0 Å². The van der Waals surface area contributed by atoms with Gasteiger partial charge in [-0.2, -0.15) is 0 Å². The zero-order valence-corrected chi connectivity index (χ0v) is 14.1. The van der Waals surface area contributed by atoms with Crippen molar-refractivity contribution >= 4 is 18.0 Å². The summed E-state index contributed by atoms with van der Waals surface area (Å²) in [5, 5.41) is 0. The van der Waals surface area contributed by atoms with E-state index in [1.807, 2.05) is 6.92 Å². The van der Waals surface area contributed by atoms with Crippen LogP contribution in [0.2, 0.25) is 0 Å². The van der Waals surface area contributed by atoms with Crippen molar-refractivity contribution in [2.75, 3.05) is 0 Å². The van der Waals surface area contributed by atoms with E-state index in [-0.39, 0.29) is 28.4 Å². The molecule has 0 heterocycles. The second-order valence-electron chi connectivity index (χ2n) is 8.40. The Labute approximate surface area is 132 Å². The summed E-state index contributed by atoms with van der Waals surface area (Å²) in [6, 6.07) is 0. The molecule has 1 spiro atoms. The molecule has 4 heteroatoms. The number of ketones is 1. The molecule has 0 aliphatic heterocycles. The average Bonchev–Trinajstić information content (AvgIpc) is 2.74. The van der Waals surface area contributed by atoms with Crippen molar-refractivity contribution in [1.82, 2.24) is 0 Å². The van der Waals surface area contributed by atoms with Crippen molar-refractivity contribution in [3.8, 4) is 0 Å². The number of carbonyl (C=O) groups is 3. The molecule has 22 heavy (non-hydrogen) atoms. The van der Waals surface area contributed by atoms with Gasteiger partial charge in [0.05, 0.1) is 0 Å². The zero-order chi connectivity index (χ0) is 16.5. The monoisotopic (exact) mass is 306 g/mol. The van der Waals surface area contributed by atoms with Crippen LogP contribution in [0.3, 0.4) is 0 Å². The summed E-state index contributed by atoms with van der Waals surface area (Å²) in [4.78, 5) is 36.6. The largest absolute Gasteiger partial charge is 0.443 e. The molecule has 3 saturated carbocycles. The van der Waals surface area contributed by atoms with Crippen molar-refractivity contribution in [2.45, 2.75) is 59.5 Å². The Kier molecular flexibility index (Phi) is 3.16. The van der Waals surface area contributed by atoms with E-state index in [1.165, 1.54) is 6.92 Å². The van der Waals surface area contributed by atoms with E-state index in [4.69, 9.17) is 4.74 Å². The lowest BCUT2D eigenvalue weighted by Gasteiger charge is -2.41. The summed E-state index contributed by atoms with van der Waals surface area (Å²) in [5.74, 6) is -0.0376. The predicted molar refractivity (Wildman–Crippen MR) is 80.9 cm³/mol. The first-order valence-electron chi connectivity index (χ1n) is 8.33. The lowest BCUT2D eigenvalue weighted by atomic mass is 9.64. The molecular formula is C18H26O4. The van der Waals surface area contributed by atoms with Gasteiger partial charge in [0, 0.05) is 18.8 Å². The maximum absolute atomic E-state index is 13.2. The first-order valence-corrected chi connectivity index (χ1v) is 8.33. The SMILES string of the molecule is CC(=O)OC1(C=O)C(=O)[C@H]2C(C)(C)[C@H]3C[C@@]2(CC[C@H]3C)[C@H]1C. The van der Waals surface area contributed by atoms with Crippen LogP contribution in [0.1, 0.15) is 53.9 Å². The summed E-state index contributed by atoms with van der Waals surface area (Å²) in [7, 11) is 0. The molecule has 0 amide bonds. The van der Waals surface area contributed by atoms with Crippen molar-refractivity contribution in [2.24, 2.45) is 34.5 Å². The third kappa shape index (κ3) is 1.56. The minimum atomic E-state index is -1.57. The molecule has 2 bridgehead atoms. The highest BCUT2D eigenvalue weighted by Crippen LogP contribution is 2.73. The van der Waals surface area contributed by atoms with Crippen LogP contribution in [0.4, 0.5) is 0 Å². The number of aldehydes is 1. The Morgan fingerprint density at radius 1 is 1.32 bits per heavy atom. The van der Waals surface area contributed by atoms with Gasteiger partial charge in [-0.15, -0.1) is 0 Å². The van der Waals surface area contributed by atoms with Gasteiger partial charge in [-0.1, -0.05) is 27.7 Å². The van der Waals surface area contributed by atoms with E-state index in [0.29, 0.717) is 18.1 Å². The first kappa shape index (κ1) is 15.7. The molecule has 0 aromatic heterocycles. The van der Waals surface area contributed by atoms with Crippen molar-refractivity contribution in [3.63, 3.8) is 0 Å². The highest BCUT2D eigenvalue weighted by atomic mass is 16.6. The Morgan fingerprint density at radius 3 is 2.50 bits per heavy atom. The van der Waals surface area contributed by atoms with Gasteiger partial charge in [0.1, 0.15) is 0 Å².